The lowest BCUT2D eigenvalue weighted by Gasteiger charge is -2.35. The average Bonchev–Trinajstić information content (AvgIpc) is 2.30. The molecule has 0 amide bonds. The molecule has 0 saturated heterocycles. The van der Waals surface area contributed by atoms with Gasteiger partial charge in [-0.15, -0.1) is 0 Å². The van der Waals surface area contributed by atoms with Crippen LogP contribution in [0.1, 0.15) is 65.2 Å². The van der Waals surface area contributed by atoms with Crippen molar-refractivity contribution in [3.05, 3.63) is 0 Å². The minimum absolute atomic E-state index is 0.0245. The minimum Gasteiger partial charge on any atom is -0.393 e. The van der Waals surface area contributed by atoms with Crippen LogP contribution in [0.15, 0.2) is 0 Å². The van der Waals surface area contributed by atoms with Gasteiger partial charge >= 0.3 is 0 Å². The molecule has 2 heteroatoms. The van der Waals surface area contributed by atoms with Crippen LogP contribution in [0.4, 0.5) is 0 Å². The molecule has 0 aromatic carbocycles. The summed E-state index contributed by atoms with van der Waals surface area (Å²) in [6.07, 6.45) is 9.88. The Bertz CT molecular complexity index is 221. The zero-order valence-corrected chi connectivity index (χ0v) is 11.5. The van der Waals surface area contributed by atoms with E-state index in [1.54, 1.807) is 0 Å². The van der Waals surface area contributed by atoms with Gasteiger partial charge in [-0.05, 0) is 69.2 Å². The molecule has 0 aliphatic heterocycles. The third-order valence-electron chi connectivity index (χ3n) is 4.85. The molecular formula is C15H29NO. The minimum atomic E-state index is -0.0245. The van der Waals surface area contributed by atoms with Gasteiger partial charge in [0.2, 0.25) is 0 Å². The Morgan fingerprint density at radius 1 is 1.00 bits per heavy atom. The molecule has 0 bridgehead atoms. The molecular weight excluding hydrogens is 210 g/mol. The first kappa shape index (κ1) is 13.4. The SMILES string of the molecule is CC1(C)CCC(CNC2CCC(O)CC2)CC1. The van der Waals surface area contributed by atoms with E-state index in [0.29, 0.717) is 11.5 Å². The molecule has 0 aromatic rings. The van der Waals surface area contributed by atoms with Crippen molar-refractivity contribution >= 4 is 0 Å². The number of aliphatic hydroxyl groups excluding tert-OH is 1. The van der Waals surface area contributed by atoms with Crippen LogP contribution < -0.4 is 5.32 Å². The van der Waals surface area contributed by atoms with Crippen LogP contribution in [0.3, 0.4) is 0 Å². The second kappa shape index (κ2) is 5.71. The topological polar surface area (TPSA) is 32.3 Å². The lowest BCUT2D eigenvalue weighted by molar-refractivity contribution is 0.113. The van der Waals surface area contributed by atoms with Gasteiger partial charge in [0.05, 0.1) is 6.10 Å². The summed E-state index contributed by atoms with van der Waals surface area (Å²) in [6, 6.07) is 0.674. The normalized spacial score (nSPS) is 34.8. The maximum atomic E-state index is 9.47. The third-order valence-corrected chi connectivity index (χ3v) is 4.85. The lowest BCUT2D eigenvalue weighted by atomic mass is 9.73. The highest BCUT2D eigenvalue weighted by atomic mass is 16.3. The van der Waals surface area contributed by atoms with Crippen LogP contribution in [-0.2, 0) is 0 Å². The zero-order valence-electron chi connectivity index (χ0n) is 11.5. The Balaban J connectivity index is 1.63. The van der Waals surface area contributed by atoms with E-state index in [9.17, 15) is 5.11 Å². The molecule has 100 valence electrons. The maximum Gasteiger partial charge on any atom is 0.0541 e. The molecule has 0 aromatic heterocycles. The summed E-state index contributed by atoms with van der Waals surface area (Å²) in [4.78, 5) is 0. The summed E-state index contributed by atoms with van der Waals surface area (Å²) < 4.78 is 0. The van der Waals surface area contributed by atoms with Crippen molar-refractivity contribution in [3.8, 4) is 0 Å². The van der Waals surface area contributed by atoms with E-state index in [0.717, 1.165) is 18.8 Å². The van der Waals surface area contributed by atoms with Gasteiger partial charge in [-0.25, -0.2) is 0 Å². The van der Waals surface area contributed by atoms with E-state index in [1.165, 1.54) is 45.1 Å². The fourth-order valence-electron chi connectivity index (χ4n) is 3.28. The van der Waals surface area contributed by atoms with Gasteiger partial charge in [0.25, 0.3) is 0 Å². The van der Waals surface area contributed by atoms with Crippen molar-refractivity contribution in [2.45, 2.75) is 77.4 Å². The fourth-order valence-corrected chi connectivity index (χ4v) is 3.28. The van der Waals surface area contributed by atoms with Gasteiger partial charge < -0.3 is 10.4 Å². The molecule has 2 aliphatic rings. The number of aliphatic hydroxyl groups is 1. The van der Waals surface area contributed by atoms with Gasteiger partial charge in [-0.2, -0.15) is 0 Å². The molecule has 0 heterocycles. The van der Waals surface area contributed by atoms with Gasteiger partial charge in [0.15, 0.2) is 0 Å². The van der Waals surface area contributed by atoms with Crippen molar-refractivity contribution < 1.29 is 5.11 Å². The monoisotopic (exact) mass is 239 g/mol. The predicted molar refractivity (Wildman–Crippen MR) is 72.0 cm³/mol. The summed E-state index contributed by atoms with van der Waals surface area (Å²) in [5.41, 5.74) is 0.589. The smallest absolute Gasteiger partial charge is 0.0541 e. The highest BCUT2D eigenvalue weighted by Gasteiger charge is 2.27. The Morgan fingerprint density at radius 2 is 1.59 bits per heavy atom. The van der Waals surface area contributed by atoms with Gasteiger partial charge in [0.1, 0.15) is 0 Å². The Morgan fingerprint density at radius 3 is 2.18 bits per heavy atom. The second-order valence-electron chi connectivity index (χ2n) is 7.02. The van der Waals surface area contributed by atoms with Gasteiger partial charge in [-0.1, -0.05) is 13.8 Å². The molecule has 2 aliphatic carbocycles. The van der Waals surface area contributed by atoms with Crippen LogP contribution in [-0.4, -0.2) is 23.8 Å². The highest BCUT2D eigenvalue weighted by Crippen LogP contribution is 2.37. The molecule has 0 spiro atoms. The molecule has 2 N–H and O–H groups in total. The van der Waals surface area contributed by atoms with Gasteiger partial charge in [0, 0.05) is 6.04 Å². The van der Waals surface area contributed by atoms with Crippen molar-refractivity contribution in [1.29, 1.82) is 0 Å². The molecule has 0 radical (unpaired) electrons. The molecule has 0 unspecified atom stereocenters. The van der Waals surface area contributed by atoms with Crippen molar-refractivity contribution in [2.24, 2.45) is 11.3 Å². The summed E-state index contributed by atoms with van der Waals surface area (Å²) in [5.74, 6) is 0.898. The highest BCUT2D eigenvalue weighted by molar-refractivity contribution is 4.82. The maximum absolute atomic E-state index is 9.47. The summed E-state index contributed by atoms with van der Waals surface area (Å²) >= 11 is 0. The Kier molecular flexibility index (Phi) is 4.48. The van der Waals surface area contributed by atoms with Crippen LogP contribution >= 0.6 is 0 Å². The number of nitrogens with one attached hydrogen (secondary N) is 1. The van der Waals surface area contributed by atoms with E-state index >= 15 is 0 Å². The second-order valence-corrected chi connectivity index (χ2v) is 7.02. The van der Waals surface area contributed by atoms with E-state index in [-0.39, 0.29) is 6.10 Å². The van der Waals surface area contributed by atoms with E-state index in [1.807, 2.05) is 0 Å². The molecule has 2 rings (SSSR count). The Labute approximate surface area is 106 Å². The predicted octanol–water partition coefficient (Wildman–Crippen LogP) is 3.10. The fraction of sp³-hybridized carbons (Fsp3) is 1.00. The summed E-state index contributed by atoms with van der Waals surface area (Å²) in [7, 11) is 0. The Hall–Kier alpha value is -0.0800. The largest absolute Gasteiger partial charge is 0.393 e. The molecule has 0 atom stereocenters. The zero-order chi connectivity index (χ0) is 12.3. The first-order chi connectivity index (χ1) is 8.05. The van der Waals surface area contributed by atoms with E-state index < -0.39 is 0 Å². The molecule has 2 saturated carbocycles. The summed E-state index contributed by atoms with van der Waals surface area (Å²) in [6.45, 7) is 6.01. The molecule has 2 nitrogen and oxygen atoms in total. The average molecular weight is 239 g/mol. The van der Waals surface area contributed by atoms with Crippen molar-refractivity contribution in [3.63, 3.8) is 0 Å². The van der Waals surface area contributed by atoms with Crippen LogP contribution in [0.5, 0.6) is 0 Å². The number of hydrogen-bond donors (Lipinski definition) is 2. The summed E-state index contributed by atoms with van der Waals surface area (Å²) in [5, 5.41) is 13.2. The van der Waals surface area contributed by atoms with E-state index in [2.05, 4.69) is 19.2 Å². The first-order valence-corrected chi connectivity index (χ1v) is 7.47. The lowest BCUT2D eigenvalue weighted by Crippen LogP contribution is -2.38. The molecule has 2 fully saturated rings. The third kappa shape index (κ3) is 4.26. The standard InChI is InChI=1S/C15H29NO/c1-15(2)9-7-12(8-10-15)11-16-13-3-5-14(17)6-4-13/h12-14,16-17H,3-11H2,1-2H3. The van der Waals surface area contributed by atoms with Crippen LogP contribution in [0.2, 0.25) is 0 Å². The van der Waals surface area contributed by atoms with Gasteiger partial charge in [-0.3, -0.25) is 0 Å². The van der Waals surface area contributed by atoms with Crippen molar-refractivity contribution in [2.75, 3.05) is 6.54 Å². The van der Waals surface area contributed by atoms with Crippen molar-refractivity contribution in [1.82, 2.24) is 5.32 Å². The first-order valence-electron chi connectivity index (χ1n) is 7.47. The van der Waals surface area contributed by atoms with Crippen LogP contribution in [0.25, 0.3) is 0 Å². The number of rotatable bonds is 3. The van der Waals surface area contributed by atoms with Crippen LogP contribution in [0, 0.1) is 11.3 Å². The molecule has 17 heavy (non-hydrogen) atoms. The number of hydrogen-bond acceptors (Lipinski definition) is 2. The van der Waals surface area contributed by atoms with E-state index in [4.69, 9.17) is 0 Å². The quantitative estimate of drug-likeness (QED) is 0.793.